The van der Waals surface area contributed by atoms with Crippen LogP contribution in [0.5, 0.6) is 0 Å². The quantitative estimate of drug-likeness (QED) is 0.896. The molecular weight excluding hydrogens is 246 g/mol. The Balaban J connectivity index is 1.92. The summed E-state index contributed by atoms with van der Waals surface area (Å²) in [7, 11) is 0. The molecule has 1 aromatic carbocycles. The average molecular weight is 275 g/mol. The van der Waals surface area contributed by atoms with E-state index in [2.05, 4.69) is 48.8 Å². The van der Waals surface area contributed by atoms with E-state index in [-0.39, 0.29) is 0 Å². The number of hydrogen-bond donors (Lipinski definition) is 1. The number of rotatable bonds is 5. The molecule has 1 aliphatic rings. The first kappa shape index (κ1) is 15.3. The standard InChI is InChI=1S/C17H29N3/c1-14-6-4-8-17(16(14)3)20-12-10-19(11-13-20)15(2)7-5-9-18/h4,6,8,15H,5,7,9-13,18H2,1-3H3. The van der Waals surface area contributed by atoms with E-state index in [1.807, 2.05) is 0 Å². The number of nitrogens with zero attached hydrogens (tertiary/aromatic N) is 2. The molecule has 2 N–H and O–H groups in total. The molecule has 3 nitrogen and oxygen atoms in total. The molecule has 1 saturated heterocycles. The van der Waals surface area contributed by atoms with Crippen molar-refractivity contribution in [3.8, 4) is 0 Å². The molecule has 0 bridgehead atoms. The normalized spacial score (nSPS) is 18.3. The molecule has 1 heterocycles. The van der Waals surface area contributed by atoms with E-state index in [9.17, 15) is 0 Å². The van der Waals surface area contributed by atoms with Gasteiger partial charge in [-0.05, 0) is 57.4 Å². The van der Waals surface area contributed by atoms with Crippen molar-refractivity contribution in [3.05, 3.63) is 29.3 Å². The lowest BCUT2D eigenvalue weighted by Gasteiger charge is -2.40. The van der Waals surface area contributed by atoms with E-state index in [1.54, 1.807) is 0 Å². The lowest BCUT2D eigenvalue weighted by Crippen LogP contribution is -2.49. The van der Waals surface area contributed by atoms with E-state index in [4.69, 9.17) is 5.73 Å². The molecule has 0 spiro atoms. The number of benzene rings is 1. The zero-order valence-electron chi connectivity index (χ0n) is 13.2. The monoisotopic (exact) mass is 275 g/mol. The molecule has 20 heavy (non-hydrogen) atoms. The summed E-state index contributed by atoms with van der Waals surface area (Å²) in [4.78, 5) is 5.14. The van der Waals surface area contributed by atoms with E-state index >= 15 is 0 Å². The summed E-state index contributed by atoms with van der Waals surface area (Å²) in [5.74, 6) is 0. The Morgan fingerprint density at radius 2 is 1.85 bits per heavy atom. The van der Waals surface area contributed by atoms with Crippen LogP contribution in [-0.4, -0.2) is 43.7 Å². The van der Waals surface area contributed by atoms with Gasteiger partial charge in [0.25, 0.3) is 0 Å². The summed E-state index contributed by atoms with van der Waals surface area (Å²) in [6.07, 6.45) is 2.36. The van der Waals surface area contributed by atoms with Gasteiger partial charge in [0, 0.05) is 37.9 Å². The second-order valence-electron chi connectivity index (χ2n) is 6.02. The third kappa shape index (κ3) is 3.53. The fourth-order valence-electron chi connectivity index (χ4n) is 3.08. The highest BCUT2D eigenvalue weighted by Crippen LogP contribution is 2.24. The zero-order valence-corrected chi connectivity index (χ0v) is 13.2. The number of nitrogens with two attached hydrogens (primary N) is 1. The van der Waals surface area contributed by atoms with Crippen molar-refractivity contribution in [3.63, 3.8) is 0 Å². The van der Waals surface area contributed by atoms with Crippen LogP contribution < -0.4 is 10.6 Å². The van der Waals surface area contributed by atoms with Gasteiger partial charge < -0.3 is 10.6 Å². The average Bonchev–Trinajstić information content (AvgIpc) is 2.48. The van der Waals surface area contributed by atoms with E-state index in [1.165, 1.54) is 36.3 Å². The molecule has 1 aliphatic heterocycles. The van der Waals surface area contributed by atoms with Crippen LogP contribution in [0.2, 0.25) is 0 Å². The summed E-state index contributed by atoms with van der Waals surface area (Å²) in [6, 6.07) is 7.30. The van der Waals surface area contributed by atoms with Crippen molar-refractivity contribution in [2.24, 2.45) is 5.73 Å². The fourth-order valence-corrected chi connectivity index (χ4v) is 3.08. The van der Waals surface area contributed by atoms with Gasteiger partial charge in [-0.2, -0.15) is 0 Å². The van der Waals surface area contributed by atoms with E-state index in [0.29, 0.717) is 6.04 Å². The number of hydrogen-bond acceptors (Lipinski definition) is 3. The van der Waals surface area contributed by atoms with Crippen molar-refractivity contribution >= 4 is 5.69 Å². The lowest BCUT2D eigenvalue weighted by atomic mass is 10.1. The van der Waals surface area contributed by atoms with Crippen LogP contribution in [0, 0.1) is 13.8 Å². The van der Waals surface area contributed by atoms with Crippen LogP contribution >= 0.6 is 0 Å². The van der Waals surface area contributed by atoms with Crippen molar-refractivity contribution in [1.29, 1.82) is 0 Å². The van der Waals surface area contributed by atoms with E-state index < -0.39 is 0 Å². The Morgan fingerprint density at radius 1 is 1.15 bits per heavy atom. The van der Waals surface area contributed by atoms with Gasteiger partial charge in [0.1, 0.15) is 0 Å². The predicted octanol–water partition coefficient (Wildman–Crippen LogP) is 2.55. The maximum absolute atomic E-state index is 5.61. The summed E-state index contributed by atoms with van der Waals surface area (Å²) >= 11 is 0. The molecule has 0 saturated carbocycles. The zero-order chi connectivity index (χ0) is 14.5. The first-order valence-corrected chi connectivity index (χ1v) is 7.88. The van der Waals surface area contributed by atoms with Crippen LogP contribution in [0.25, 0.3) is 0 Å². The maximum atomic E-state index is 5.61. The van der Waals surface area contributed by atoms with Crippen molar-refractivity contribution < 1.29 is 0 Å². The summed E-state index contributed by atoms with van der Waals surface area (Å²) < 4.78 is 0. The molecule has 0 amide bonds. The minimum atomic E-state index is 0.666. The smallest absolute Gasteiger partial charge is 0.0399 e. The van der Waals surface area contributed by atoms with Gasteiger partial charge >= 0.3 is 0 Å². The summed E-state index contributed by atoms with van der Waals surface area (Å²) in [5.41, 5.74) is 9.84. The highest BCUT2D eigenvalue weighted by atomic mass is 15.3. The van der Waals surface area contributed by atoms with Crippen molar-refractivity contribution in [1.82, 2.24) is 4.90 Å². The summed E-state index contributed by atoms with van der Waals surface area (Å²) in [5, 5.41) is 0. The predicted molar refractivity (Wildman–Crippen MR) is 87.5 cm³/mol. The lowest BCUT2D eigenvalue weighted by molar-refractivity contribution is 0.187. The van der Waals surface area contributed by atoms with Crippen molar-refractivity contribution in [2.45, 2.75) is 39.7 Å². The molecule has 0 radical (unpaired) electrons. The molecule has 1 fully saturated rings. The molecule has 1 aromatic rings. The molecule has 1 atom stereocenters. The minimum absolute atomic E-state index is 0.666. The van der Waals surface area contributed by atoms with Crippen LogP contribution in [0.3, 0.4) is 0 Å². The van der Waals surface area contributed by atoms with Crippen LogP contribution in [-0.2, 0) is 0 Å². The van der Waals surface area contributed by atoms with Gasteiger partial charge in [-0.3, -0.25) is 4.90 Å². The first-order chi connectivity index (χ1) is 9.63. The Bertz CT molecular complexity index is 422. The number of piperazine rings is 1. The minimum Gasteiger partial charge on any atom is -0.369 e. The second-order valence-corrected chi connectivity index (χ2v) is 6.02. The maximum Gasteiger partial charge on any atom is 0.0399 e. The Hall–Kier alpha value is -1.06. The molecule has 1 unspecified atom stereocenters. The molecule has 0 aromatic heterocycles. The van der Waals surface area contributed by atoms with Crippen molar-refractivity contribution in [2.75, 3.05) is 37.6 Å². The Labute approximate surface area is 123 Å². The van der Waals surface area contributed by atoms with Crippen LogP contribution in [0.4, 0.5) is 5.69 Å². The van der Waals surface area contributed by atoms with Gasteiger partial charge in [-0.15, -0.1) is 0 Å². The van der Waals surface area contributed by atoms with Gasteiger partial charge in [-0.25, -0.2) is 0 Å². The van der Waals surface area contributed by atoms with Crippen LogP contribution in [0.15, 0.2) is 18.2 Å². The number of anilines is 1. The number of aryl methyl sites for hydroxylation is 1. The molecule has 0 aliphatic carbocycles. The van der Waals surface area contributed by atoms with Gasteiger partial charge in [0.15, 0.2) is 0 Å². The molecule has 3 heteroatoms. The fraction of sp³-hybridized carbons (Fsp3) is 0.647. The van der Waals surface area contributed by atoms with E-state index in [0.717, 1.165) is 26.1 Å². The molecular formula is C17H29N3. The van der Waals surface area contributed by atoms with Gasteiger partial charge in [-0.1, -0.05) is 12.1 Å². The first-order valence-electron chi connectivity index (χ1n) is 7.88. The third-order valence-corrected chi connectivity index (χ3v) is 4.68. The topological polar surface area (TPSA) is 32.5 Å². The van der Waals surface area contributed by atoms with Crippen LogP contribution in [0.1, 0.15) is 30.9 Å². The SMILES string of the molecule is Cc1cccc(N2CCN(C(C)CCCN)CC2)c1C. The summed E-state index contributed by atoms with van der Waals surface area (Å²) in [6.45, 7) is 12.2. The molecule has 112 valence electrons. The highest BCUT2D eigenvalue weighted by Gasteiger charge is 2.21. The Kier molecular flexibility index (Phi) is 5.44. The van der Waals surface area contributed by atoms with Gasteiger partial charge in [0.05, 0.1) is 0 Å². The highest BCUT2D eigenvalue weighted by molar-refractivity contribution is 5.56. The van der Waals surface area contributed by atoms with Gasteiger partial charge in [0.2, 0.25) is 0 Å². The largest absolute Gasteiger partial charge is 0.369 e. The molecule has 2 rings (SSSR count). The second kappa shape index (κ2) is 7.09. The third-order valence-electron chi connectivity index (χ3n) is 4.68. The Morgan fingerprint density at radius 3 is 2.50 bits per heavy atom.